The van der Waals surface area contributed by atoms with Crippen LogP contribution in [0.15, 0.2) is 54.6 Å². The van der Waals surface area contributed by atoms with E-state index in [1.54, 1.807) is 0 Å². The number of anilines is 1. The molecule has 0 unspecified atom stereocenters. The average molecular weight is 481 g/mol. The molecule has 0 atom stereocenters. The molecule has 178 valence electrons. The van der Waals surface area contributed by atoms with Gasteiger partial charge in [-0.2, -0.15) is 0 Å². The maximum atomic E-state index is 15.0. The van der Waals surface area contributed by atoms with Gasteiger partial charge >= 0.3 is 6.36 Å². The van der Waals surface area contributed by atoms with Crippen LogP contribution in [0.3, 0.4) is 0 Å². The fourth-order valence-electron chi connectivity index (χ4n) is 2.84. The summed E-state index contributed by atoms with van der Waals surface area (Å²) in [5.74, 6) is -4.96. The molecule has 0 saturated heterocycles. The van der Waals surface area contributed by atoms with E-state index in [-0.39, 0.29) is 16.8 Å². The van der Waals surface area contributed by atoms with E-state index >= 15 is 4.39 Å². The van der Waals surface area contributed by atoms with Crippen LogP contribution in [-0.2, 0) is 0 Å². The van der Waals surface area contributed by atoms with Crippen molar-refractivity contribution in [1.82, 2.24) is 0 Å². The molecule has 3 aromatic carbocycles. The largest absolute Gasteiger partial charge is 0.573 e. The second-order valence-electron chi connectivity index (χ2n) is 6.83. The number of carbonyl (C=O) groups is 2. The third kappa shape index (κ3) is 5.74. The number of hydrogen-bond acceptors (Lipinski definition) is 5. The molecule has 0 radical (unpaired) electrons. The van der Waals surface area contributed by atoms with E-state index < -0.39 is 59.6 Å². The predicted molar refractivity (Wildman–Crippen MR) is 114 cm³/mol. The summed E-state index contributed by atoms with van der Waals surface area (Å²) in [4.78, 5) is 24.2. The van der Waals surface area contributed by atoms with Crippen molar-refractivity contribution in [2.75, 3.05) is 12.4 Å². The maximum absolute atomic E-state index is 15.0. The number of hydrogen-bond donors (Lipinski definition) is 2. The second-order valence-corrected chi connectivity index (χ2v) is 6.83. The second kappa shape index (κ2) is 9.69. The van der Waals surface area contributed by atoms with Crippen molar-refractivity contribution in [3.05, 3.63) is 77.1 Å². The van der Waals surface area contributed by atoms with Crippen LogP contribution in [0.2, 0.25) is 0 Å². The lowest BCUT2D eigenvalue weighted by Crippen LogP contribution is -2.17. The Bertz CT molecular complexity index is 1330. The van der Waals surface area contributed by atoms with Gasteiger partial charge in [0.2, 0.25) is 5.91 Å². The van der Waals surface area contributed by atoms with E-state index in [1.165, 1.54) is 43.3 Å². The number of methoxy groups -OCH3 is 1. The van der Waals surface area contributed by atoms with Crippen LogP contribution in [-0.4, -0.2) is 25.2 Å². The minimum absolute atomic E-state index is 0.0643. The van der Waals surface area contributed by atoms with Crippen molar-refractivity contribution in [2.24, 2.45) is 5.73 Å². The number of nitrogens with one attached hydrogen (secondary N) is 1. The predicted octanol–water partition coefficient (Wildman–Crippen LogP) is 5.18. The fourth-order valence-corrected chi connectivity index (χ4v) is 2.84. The number of alkyl halides is 3. The van der Waals surface area contributed by atoms with E-state index in [1.807, 2.05) is 0 Å². The molecule has 34 heavy (non-hydrogen) atoms. The van der Waals surface area contributed by atoms with Gasteiger partial charge in [0.1, 0.15) is 22.9 Å². The SMILES string of the molecule is [2H]C([2H])([2H])Oc1cc(OC(F)(F)F)ccc1Oc1ccc(C)c(F)c1C(=O)Nc1ccc(C(N)=O)cc1. The van der Waals surface area contributed by atoms with Gasteiger partial charge in [-0.25, -0.2) is 4.39 Å². The molecule has 3 N–H and O–H groups in total. The summed E-state index contributed by atoms with van der Waals surface area (Å²) in [6.45, 7) is 1.38. The quantitative estimate of drug-likeness (QED) is 0.453. The number of primary amides is 1. The number of halogens is 4. The first-order valence-corrected chi connectivity index (χ1v) is 9.40. The fraction of sp³-hybridized carbons (Fsp3) is 0.130. The third-order valence-electron chi connectivity index (χ3n) is 4.43. The molecule has 2 amide bonds. The van der Waals surface area contributed by atoms with Gasteiger partial charge in [-0.3, -0.25) is 9.59 Å². The summed E-state index contributed by atoms with van der Waals surface area (Å²) in [7, 11) is -3.09. The average Bonchev–Trinajstić information content (AvgIpc) is 2.76. The summed E-state index contributed by atoms with van der Waals surface area (Å²) in [5, 5.41) is 2.43. The lowest BCUT2D eigenvalue weighted by Gasteiger charge is -2.16. The smallest absolute Gasteiger partial charge is 0.493 e. The molecule has 7 nitrogen and oxygen atoms in total. The van der Waals surface area contributed by atoms with Gasteiger partial charge in [0.05, 0.1) is 11.2 Å². The van der Waals surface area contributed by atoms with Crippen LogP contribution >= 0.6 is 0 Å². The van der Waals surface area contributed by atoms with Gasteiger partial charge < -0.3 is 25.3 Å². The molecule has 0 aliphatic rings. The molecule has 0 spiro atoms. The van der Waals surface area contributed by atoms with Gasteiger partial charge in [0.15, 0.2) is 11.5 Å². The Hall–Kier alpha value is -4.28. The van der Waals surface area contributed by atoms with Crippen LogP contribution in [0.5, 0.6) is 23.0 Å². The zero-order valence-corrected chi connectivity index (χ0v) is 17.3. The van der Waals surface area contributed by atoms with Crippen LogP contribution in [0, 0.1) is 12.7 Å². The number of ether oxygens (including phenoxy) is 3. The number of rotatable bonds is 7. The van der Waals surface area contributed by atoms with E-state index in [0.717, 1.165) is 12.1 Å². The number of nitrogens with two attached hydrogens (primary N) is 1. The molecule has 0 heterocycles. The molecular formula is C23H18F4N2O5. The van der Waals surface area contributed by atoms with E-state index in [9.17, 15) is 22.8 Å². The van der Waals surface area contributed by atoms with Crippen molar-refractivity contribution < 1.29 is 45.5 Å². The molecule has 0 aliphatic carbocycles. The normalized spacial score (nSPS) is 12.7. The first kappa shape index (κ1) is 20.3. The van der Waals surface area contributed by atoms with Crippen molar-refractivity contribution in [3.8, 4) is 23.0 Å². The summed E-state index contributed by atoms with van der Waals surface area (Å²) < 4.78 is 88.7. The first-order chi connectivity index (χ1) is 17.1. The summed E-state index contributed by atoms with van der Waals surface area (Å²) >= 11 is 0. The third-order valence-corrected chi connectivity index (χ3v) is 4.43. The molecule has 11 heteroatoms. The minimum Gasteiger partial charge on any atom is -0.493 e. The molecule has 3 rings (SSSR count). The molecule has 0 aliphatic heterocycles. The van der Waals surface area contributed by atoms with Gasteiger partial charge in [-0.05, 0) is 55.0 Å². The highest BCUT2D eigenvalue weighted by molar-refractivity contribution is 6.07. The first-order valence-electron chi connectivity index (χ1n) is 10.9. The standard InChI is InChI=1S/C23H18F4N2O5/c1-12-3-9-17(33-16-10-8-15(11-18(16)32-2)34-23(25,26)27)19(20(12)24)22(31)29-14-6-4-13(5-7-14)21(28)30/h3-11H,1-2H3,(H2,28,30)(H,29,31)/i2D3. The highest BCUT2D eigenvalue weighted by Gasteiger charge is 2.31. The molecule has 0 fully saturated rings. The van der Waals surface area contributed by atoms with Crippen LogP contribution in [0.4, 0.5) is 23.2 Å². The van der Waals surface area contributed by atoms with Gasteiger partial charge in [0, 0.05) is 17.3 Å². The Kier molecular flexibility index (Phi) is 5.80. The lowest BCUT2D eigenvalue weighted by atomic mass is 10.1. The van der Waals surface area contributed by atoms with Crippen molar-refractivity contribution >= 4 is 17.5 Å². The van der Waals surface area contributed by atoms with Gasteiger partial charge in [0.25, 0.3) is 5.91 Å². The highest BCUT2D eigenvalue weighted by Crippen LogP contribution is 2.38. The Balaban J connectivity index is 1.99. The maximum Gasteiger partial charge on any atom is 0.573 e. The monoisotopic (exact) mass is 481 g/mol. The Morgan fingerprint density at radius 1 is 1.00 bits per heavy atom. The van der Waals surface area contributed by atoms with E-state index in [4.69, 9.17) is 19.3 Å². The molecule has 0 aromatic heterocycles. The molecule has 3 aromatic rings. The van der Waals surface area contributed by atoms with Crippen LogP contribution < -0.4 is 25.3 Å². The Morgan fingerprint density at radius 3 is 2.29 bits per heavy atom. The molecule has 0 bridgehead atoms. The van der Waals surface area contributed by atoms with Crippen LogP contribution in [0.1, 0.15) is 30.4 Å². The molecular weight excluding hydrogens is 460 g/mol. The number of benzene rings is 3. The highest BCUT2D eigenvalue weighted by atomic mass is 19.4. The van der Waals surface area contributed by atoms with Crippen molar-refractivity contribution in [3.63, 3.8) is 0 Å². The minimum atomic E-state index is -5.07. The van der Waals surface area contributed by atoms with Gasteiger partial charge in [-0.1, -0.05) is 6.07 Å². The summed E-state index contributed by atoms with van der Waals surface area (Å²) in [6.07, 6.45) is -5.07. The van der Waals surface area contributed by atoms with E-state index in [0.29, 0.717) is 6.07 Å². The number of amides is 2. The Labute approximate surface area is 195 Å². The summed E-state index contributed by atoms with van der Waals surface area (Å²) in [6, 6.07) is 10.2. The van der Waals surface area contributed by atoms with E-state index in [2.05, 4.69) is 10.1 Å². The van der Waals surface area contributed by atoms with Crippen molar-refractivity contribution in [2.45, 2.75) is 13.3 Å². The number of carbonyl (C=O) groups excluding carboxylic acids is 2. The topological polar surface area (TPSA) is 99.9 Å². The molecule has 0 saturated carbocycles. The van der Waals surface area contributed by atoms with Crippen molar-refractivity contribution in [1.29, 1.82) is 0 Å². The summed E-state index contributed by atoms with van der Waals surface area (Å²) in [5.41, 5.74) is 5.00. The van der Waals surface area contributed by atoms with Crippen LogP contribution in [0.25, 0.3) is 0 Å². The Morgan fingerprint density at radius 2 is 1.68 bits per heavy atom. The lowest BCUT2D eigenvalue weighted by molar-refractivity contribution is -0.274. The zero-order valence-electron chi connectivity index (χ0n) is 20.3. The van der Waals surface area contributed by atoms with Gasteiger partial charge in [-0.15, -0.1) is 13.2 Å². The zero-order chi connectivity index (χ0) is 27.5. The number of aryl methyl sites for hydroxylation is 1.